The number of hydrogen-bond donors (Lipinski definition) is 2. The Morgan fingerprint density at radius 1 is 1.43 bits per heavy atom. The Labute approximate surface area is 124 Å². The number of rotatable bonds is 5. The van der Waals surface area contributed by atoms with Gasteiger partial charge in [0.1, 0.15) is 0 Å². The van der Waals surface area contributed by atoms with Crippen molar-refractivity contribution in [1.82, 2.24) is 15.2 Å². The monoisotopic (exact) mass is 291 g/mol. The molecule has 2 amide bonds. The minimum Gasteiger partial charge on any atom is -0.481 e. The average molecular weight is 291 g/mol. The summed E-state index contributed by atoms with van der Waals surface area (Å²) in [4.78, 5) is 28.7. The summed E-state index contributed by atoms with van der Waals surface area (Å²) < 4.78 is 0. The van der Waals surface area contributed by atoms with Crippen LogP contribution in [0.5, 0.6) is 0 Å². The second-order valence-electron chi connectivity index (χ2n) is 5.36. The number of carboxylic acids is 1. The second-order valence-corrected chi connectivity index (χ2v) is 5.36. The van der Waals surface area contributed by atoms with Crippen molar-refractivity contribution in [2.45, 2.75) is 25.7 Å². The molecule has 21 heavy (non-hydrogen) atoms. The number of amides is 2. The van der Waals surface area contributed by atoms with E-state index >= 15 is 0 Å². The van der Waals surface area contributed by atoms with Gasteiger partial charge in [0.2, 0.25) is 0 Å². The summed E-state index contributed by atoms with van der Waals surface area (Å²) in [6, 6.07) is 5.60. The normalized spacial score (nSPS) is 18.3. The largest absolute Gasteiger partial charge is 0.481 e. The lowest BCUT2D eigenvalue weighted by Gasteiger charge is -2.32. The lowest BCUT2D eigenvalue weighted by Crippen LogP contribution is -2.46. The van der Waals surface area contributed by atoms with Crippen molar-refractivity contribution in [3.05, 3.63) is 30.1 Å². The Bertz CT molecular complexity index is 478. The third-order valence-corrected chi connectivity index (χ3v) is 3.65. The SMILES string of the molecule is O=C(O)CC1CCCN(C(=O)NCCc2ccccn2)C1. The van der Waals surface area contributed by atoms with Gasteiger partial charge in [0, 0.05) is 44.4 Å². The standard InChI is InChI=1S/C15H21N3O3/c19-14(20)10-12-4-3-9-18(11-12)15(21)17-8-6-13-5-1-2-7-16-13/h1-2,5,7,12H,3-4,6,8-11H2,(H,17,21)(H,19,20). The molecule has 114 valence electrons. The highest BCUT2D eigenvalue weighted by Gasteiger charge is 2.24. The van der Waals surface area contributed by atoms with Gasteiger partial charge in [-0.2, -0.15) is 0 Å². The minimum atomic E-state index is -0.794. The molecule has 1 aromatic rings. The maximum absolute atomic E-state index is 12.1. The number of nitrogens with one attached hydrogen (secondary N) is 1. The number of urea groups is 1. The van der Waals surface area contributed by atoms with Crippen molar-refractivity contribution in [3.63, 3.8) is 0 Å². The molecule has 2 heterocycles. The van der Waals surface area contributed by atoms with Crippen molar-refractivity contribution in [2.24, 2.45) is 5.92 Å². The number of carboxylic acid groups (broad SMARTS) is 1. The molecule has 2 N–H and O–H groups in total. The van der Waals surface area contributed by atoms with E-state index in [1.807, 2.05) is 18.2 Å². The second kappa shape index (κ2) is 7.61. The van der Waals surface area contributed by atoms with Gasteiger partial charge in [-0.05, 0) is 30.9 Å². The lowest BCUT2D eigenvalue weighted by molar-refractivity contribution is -0.138. The van der Waals surface area contributed by atoms with Crippen LogP contribution in [-0.2, 0) is 11.2 Å². The van der Waals surface area contributed by atoms with Gasteiger partial charge in [0.25, 0.3) is 0 Å². The molecule has 6 heteroatoms. The van der Waals surface area contributed by atoms with Crippen LogP contribution in [0, 0.1) is 5.92 Å². The summed E-state index contributed by atoms with van der Waals surface area (Å²) in [5.74, 6) is -0.727. The zero-order chi connectivity index (χ0) is 15.1. The maximum Gasteiger partial charge on any atom is 0.317 e. The average Bonchev–Trinajstić information content (AvgIpc) is 2.48. The highest BCUT2D eigenvalue weighted by Crippen LogP contribution is 2.19. The van der Waals surface area contributed by atoms with E-state index in [9.17, 15) is 9.59 Å². The van der Waals surface area contributed by atoms with Gasteiger partial charge in [-0.25, -0.2) is 4.79 Å². The summed E-state index contributed by atoms with van der Waals surface area (Å²) in [6.07, 6.45) is 4.31. The Hall–Kier alpha value is -2.11. The molecule has 0 radical (unpaired) electrons. The molecule has 1 aliphatic heterocycles. The van der Waals surface area contributed by atoms with E-state index in [2.05, 4.69) is 10.3 Å². The molecular weight excluding hydrogens is 270 g/mol. The number of nitrogens with zero attached hydrogens (tertiary/aromatic N) is 2. The summed E-state index contributed by atoms with van der Waals surface area (Å²) in [5.41, 5.74) is 0.945. The highest BCUT2D eigenvalue weighted by molar-refractivity contribution is 5.74. The fourth-order valence-electron chi connectivity index (χ4n) is 2.62. The van der Waals surface area contributed by atoms with Crippen LogP contribution < -0.4 is 5.32 Å². The summed E-state index contributed by atoms with van der Waals surface area (Å²) in [6.45, 7) is 1.77. The molecule has 1 saturated heterocycles. The topological polar surface area (TPSA) is 82.5 Å². The zero-order valence-corrected chi connectivity index (χ0v) is 12.0. The number of hydrogen-bond acceptors (Lipinski definition) is 3. The number of aromatic nitrogens is 1. The van der Waals surface area contributed by atoms with E-state index in [-0.39, 0.29) is 18.4 Å². The van der Waals surface area contributed by atoms with Crippen LogP contribution in [0.4, 0.5) is 4.79 Å². The van der Waals surface area contributed by atoms with E-state index in [1.54, 1.807) is 11.1 Å². The van der Waals surface area contributed by atoms with E-state index in [1.165, 1.54) is 0 Å². The number of aliphatic carboxylic acids is 1. The van der Waals surface area contributed by atoms with Gasteiger partial charge in [-0.15, -0.1) is 0 Å². The number of carbonyl (C=O) groups is 2. The van der Waals surface area contributed by atoms with Gasteiger partial charge in [0.05, 0.1) is 0 Å². The first-order valence-electron chi connectivity index (χ1n) is 7.29. The van der Waals surface area contributed by atoms with E-state index in [4.69, 9.17) is 5.11 Å². The first kappa shape index (κ1) is 15.3. The van der Waals surface area contributed by atoms with Gasteiger partial charge in [-0.1, -0.05) is 6.07 Å². The molecule has 2 rings (SSSR count). The fourth-order valence-corrected chi connectivity index (χ4v) is 2.62. The van der Waals surface area contributed by atoms with Gasteiger partial charge >= 0.3 is 12.0 Å². The molecule has 0 aromatic carbocycles. The number of likely N-dealkylation sites (tertiary alicyclic amines) is 1. The first-order chi connectivity index (χ1) is 10.1. The van der Waals surface area contributed by atoms with Crippen LogP contribution in [0.25, 0.3) is 0 Å². The van der Waals surface area contributed by atoms with E-state index in [0.29, 0.717) is 26.1 Å². The Kier molecular flexibility index (Phi) is 5.54. The van der Waals surface area contributed by atoms with Crippen LogP contribution in [0.1, 0.15) is 25.0 Å². The molecule has 0 spiro atoms. The minimum absolute atomic E-state index is 0.0674. The summed E-state index contributed by atoms with van der Waals surface area (Å²) >= 11 is 0. The van der Waals surface area contributed by atoms with Crippen molar-refractivity contribution in [3.8, 4) is 0 Å². The van der Waals surface area contributed by atoms with Gasteiger partial charge < -0.3 is 15.3 Å². The Balaban J connectivity index is 1.73. The fraction of sp³-hybridized carbons (Fsp3) is 0.533. The number of piperidine rings is 1. The van der Waals surface area contributed by atoms with Gasteiger partial charge in [-0.3, -0.25) is 9.78 Å². The molecule has 0 saturated carbocycles. The predicted octanol–water partition coefficient (Wildman–Crippen LogP) is 1.52. The van der Waals surface area contributed by atoms with Crippen LogP contribution in [-0.4, -0.2) is 46.6 Å². The van der Waals surface area contributed by atoms with Crippen molar-refractivity contribution >= 4 is 12.0 Å². The molecule has 1 unspecified atom stereocenters. The smallest absolute Gasteiger partial charge is 0.317 e. The van der Waals surface area contributed by atoms with Crippen LogP contribution in [0.15, 0.2) is 24.4 Å². The maximum atomic E-state index is 12.1. The van der Waals surface area contributed by atoms with E-state index < -0.39 is 5.97 Å². The molecular formula is C15H21N3O3. The molecule has 6 nitrogen and oxygen atoms in total. The molecule has 0 bridgehead atoms. The number of carbonyl (C=O) groups excluding carboxylic acids is 1. The summed E-state index contributed by atoms with van der Waals surface area (Å²) in [5, 5.41) is 11.7. The molecule has 0 aliphatic carbocycles. The van der Waals surface area contributed by atoms with Crippen molar-refractivity contribution in [2.75, 3.05) is 19.6 Å². The van der Waals surface area contributed by atoms with Crippen molar-refractivity contribution < 1.29 is 14.7 Å². The predicted molar refractivity (Wildman–Crippen MR) is 77.9 cm³/mol. The molecule has 1 aromatic heterocycles. The summed E-state index contributed by atoms with van der Waals surface area (Å²) in [7, 11) is 0. The molecule has 1 fully saturated rings. The van der Waals surface area contributed by atoms with Crippen LogP contribution >= 0.6 is 0 Å². The molecule has 1 aliphatic rings. The Morgan fingerprint density at radius 2 is 2.29 bits per heavy atom. The van der Waals surface area contributed by atoms with Gasteiger partial charge in [0.15, 0.2) is 0 Å². The van der Waals surface area contributed by atoms with Crippen LogP contribution in [0.3, 0.4) is 0 Å². The number of pyridine rings is 1. The van der Waals surface area contributed by atoms with Crippen molar-refractivity contribution in [1.29, 1.82) is 0 Å². The quantitative estimate of drug-likeness (QED) is 0.861. The van der Waals surface area contributed by atoms with Crippen LogP contribution in [0.2, 0.25) is 0 Å². The third-order valence-electron chi connectivity index (χ3n) is 3.65. The first-order valence-corrected chi connectivity index (χ1v) is 7.29. The Morgan fingerprint density at radius 3 is 3.00 bits per heavy atom. The highest BCUT2D eigenvalue weighted by atomic mass is 16.4. The molecule has 1 atom stereocenters. The lowest BCUT2D eigenvalue weighted by atomic mass is 9.95. The zero-order valence-electron chi connectivity index (χ0n) is 12.0. The third kappa shape index (κ3) is 5.06. The van der Waals surface area contributed by atoms with E-state index in [0.717, 1.165) is 18.5 Å².